The highest BCUT2D eigenvalue weighted by Crippen LogP contribution is 2.27. The molecule has 0 rings (SSSR count). The van der Waals surface area contributed by atoms with Gasteiger partial charge in [-0.25, -0.2) is 8.78 Å². The lowest BCUT2D eigenvalue weighted by atomic mass is 10.0. The van der Waals surface area contributed by atoms with Crippen LogP contribution < -0.4 is 0 Å². The van der Waals surface area contributed by atoms with Gasteiger partial charge in [0.15, 0.2) is 0 Å². The zero-order chi connectivity index (χ0) is 12.4. The van der Waals surface area contributed by atoms with Gasteiger partial charge in [-0.3, -0.25) is 4.79 Å². The number of carbonyl (C=O) groups is 1. The summed E-state index contributed by atoms with van der Waals surface area (Å²) >= 11 is 0. The molecule has 0 fully saturated rings. The number of esters is 1. The van der Waals surface area contributed by atoms with Gasteiger partial charge in [0.25, 0.3) is 0 Å². The zero-order valence-corrected chi connectivity index (χ0v) is 10.2. The van der Waals surface area contributed by atoms with E-state index in [1.165, 1.54) is 0 Å². The monoisotopic (exact) mass is 236 g/mol. The predicted octanol–water partition coefficient (Wildman–Crippen LogP) is 3.94. The van der Waals surface area contributed by atoms with Crippen LogP contribution in [0, 0.1) is 0 Å². The third kappa shape index (κ3) is 8.62. The molecule has 96 valence electrons. The molecule has 0 saturated carbocycles. The van der Waals surface area contributed by atoms with Crippen molar-refractivity contribution in [3.8, 4) is 0 Å². The number of hydrogen-bond acceptors (Lipinski definition) is 2. The number of carbonyl (C=O) groups excluding carboxylic acids is 1. The normalized spacial score (nSPS) is 11.5. The molecular weight excluding hydrogens is 214 g/mol. The van der Waals surface area contributed by atoms with Crippen LogP contribution in [0.15, 0.2) is 0 Å². The van der Waals surface area contributed by atoms with Crippen molar-refractivity contribution in [3.05, 3.63) is 0 Å². The van der Waals surface area contributed by atoms with Gasteiger partial charge in [0.2, 0.25) is 5.92 Å². The van der Waals surface area contributed by atoms with Crippen molar-refractivity contribution in [2.75, 3.05) is 6.61 Å². The summed E-state index contributed by atoms with van der Waals surface area (Å²) in [6.07, 6.45) is 2.70. The fraction of sp³-hybridized carbons (Fsp3) is 0.917. The maximum Gasteiger partial charge on any atom is 0.305 e. The van der Waals surface area contributed by atoms with Crippen LogP contribution in [0.5, 0.6) is 0 Å². The fourth-order valence-corrected chi connectivity index (χ4v) is 1.45. The van der Waals surface area contributed by atoms with Gasteiger partial charge in [-0.05, 0) is 13.3 Å². The van der Waals surface area contributed by atoms with Gasteiger partial charge < -0.3 is 4.74 Å². The van der Waals surface area contributed by atoms with E-state index in [1.54, 1.807) is 6.92 Å². The molecule has 0 heterocycles. The Labute approximate surface area is 96.4 Å². The highest BCUT2D eigenvalue weighted by molar-refractivity contribution is 5.69. The van der Waals surface area contributed by atoms with E-state index in [2.05, 4.69) is 4.74 Å². The number of halogens is 2. The molecule has 0 aromatic carbocycles. The Kier molecular flexibility index (Phi) is 8.12. The van der Waals surface area contributed by atoms with E-state index in [4.69, 9.17) is 0 Å². The molecule has 0 radical (unpaired) electrons. The summed E-state index contributed by atoms with van der Waals surface area (Å²) in [6.45, 7) is 3.96. The summed E-state index contributed by atoms with van der Waals surface area (Å²) in [6, 6.07) is 0. The van der Waals surface area contributed by atoms with Gasteiger partial charge in [0.05, 0.1) is 13.0 Å². The van der Waals surface area contributed by atoms with Gasteiger partial charge in [-0.2, -0.15) is 0 Å². The van der Waals surface area contributed by atoms with E-state index in [-0.39, 0.29) is 19.4 Å². The lowest BCUT2D eigenvalue weighted by Gasteiger charge is -2.15. The molecule has 0 aliphatic heterocycles. The van der Waals surface area contributed by atoms with Gasteiger partial charge in [-0.15, -0.1) is 0 Å². The SMILES string of the molecule is CCCCCCC(F)(F)CCC(=O)OCC. The molecule has 4 heteroatoms. The van der Waals surface area contributed by atoms with Crippen molar-refractivity contribution in [1.82, 2.24) is 0 Å². The second-order valence-corrected chi connectivity index (χ2v) is 3.97. The quantitative estimate of drug-likeness (QED) is 0.448. The molecule has 0 bridgehead atoms. The lowest BCUT2D eigenvalue weighted by Crippen LogP contribution is -2.18. The third-order valence-corrected chi connectivity index (χ3v) is 2.40. The Morgan fingerprint density at radius 2 is 1.81 bits per heavy atom. The molecular formula is C12H22F2O2. The Hall–Kier alpha value is -0.670. The summed E-state index contributed by atoms with van der Waals surface area (Å²) in [7, 11) is 0. The topological polar surface area (TPSA) is 26.3 Å². The molecule has 2 nitrogen and oxygen atoms in total. The van der Waals surface area contributed by atoms with Crippen molar-refractivity contribution in [3.63, 3.8) is 0 Å². The first-order valence-electron chi connectivity index (χ1n) is 6.05. The minimum absolute atomic E-state index is 0.119. The van der Waals surface area contributed by atoms with Crippen LogP contribution >= 0.6 is 0 Å². The summed E-state index contributed by atoms with van der Waals surface area (Å²) in [5, 5.41) is 0. The second kappa shape index (κ2) is 8.48. The van der Waals surface area contributed by atoms with Crippen LogP contribution in [0.2, 0.25) is 0 Å². The van der Waals surface area contributed by atoms with E-state index in [1.807, 2.05) is 6.92 Å². The number of rotatable bonds is 9. The Morgan fingerprint density at radius 3 is 2.38 bits per heavy atom. The number of ether oxygens (including phenoxy) is 1. The van der Waals surface area contributed by atoms with Crippen LogP contribution in [0.4, 0.5) is 8.78 Å². The van der Waals surface area contributed by atoms with E-state index >= 15 is 0 Å². The van der Waals surface area contributed by atoms with Crippen LogP contribution in [0.25, 0.3) is 0 Å². The number of hydrogen-bond donors (Lipinski definition) is 0. The smallest absolute Gasteiger partial charge is 0.305 e. The van der Waals surface area contributed by atoms with E-state index in [0.717, 1.165) is 19.3 Å². The lowest BCUT2D eigenvalue weighted by molar-refractivity contribution is -0.145. The summed E-state index contributed by atoms with van der Waals surface area (Å²) in [5.74, 6) is -3.25. The molecule has 0 amide bonds. The maximum atomic E-state index is 13.2. The molecule has 16 heavy (non-hydrogen) atoms. The average molecular weight is 236 g/mol. The molecule has 0 saturated heterocycles. The molecule has 0 N–H and O–H groups in total. The summed E-state index contributed by atoms with van der Waals surface area (Å²) in [4.78, 5) is 10.9. The molecule has 0 unspecified atom stereocenters. The highest BCUT2D eigenvalue weighted by atomic mass is 19.3. The largest absolute Gasteiger partial charge is 0.466 e. The van der Waals surface area contributed by atoms with Gasteiger partial charge in [0.1, 0.15) is 0 Å². The van der Waals surface area contributed by atoms with Crippen molar-refractivity contribution in [2.45, 2.75) is 64.7 Å². The Morgan fingerprint density at radius 1 is 1.12 bits per heavy atom. The van der Waals surface area contributed by atoms with Crippen LogP contribution in [0.3, 0.4) is 0 Å². The molecule has 0 aliphatic rings. The van der Waals surface area contributed by atoms with Gasteiger partial charge in [0, 0.05) is 12.8 Å². The average Bonchev–Trinajstić information content (AvgIpc) is 2.22. The number of unbranched alkanes of at least 4 members (excludes halogenated alkanes) is 3. The first kappa shape index (κ1) is 15.3. The third-order valence-electron chi connectivity index (χ3n) is 2.40. The van der Waals surface area contributed by atoms with E-state index in [0.29, 0.717) is 6.42 Å². The summed E-state index contributed by atoms with van der Waals surface area (Å²) < 4.78 is 31.1. The first-order valence-corrected chi connectivity index (χ1v) is 6.05. The molecule has 0 aromatic rings. The van der Waals surface area contributed by atoms with E-state index in [9.17, 15) is 13.6 Å². The van der Waals surface area contributed by atoms with Gasteiger partial charge in [-0.1, -0.05) is 26.2 Å². The van der Waals surface area contributed by atoms with Crippen molar-refractivity contribution in [1.29, 1.82) is 0 Å². The van der Waals surface area contributed by atoms with Gasteiger partial charge >= 0.3 is 5.97 Å². The molecule has 0 spiro atoms. The fourth-order valence-electron chi connectivity index (χ4n) is 1.45. The Bertz CT molecular complexity index is 193. The molecule has 0 aliphatic carbocycles. The first-order chi connectivity index (χ1) is 7.52. The highest BCUT2D eigenvalue weighted by Gasteiger charge is 2.28. The summed E-state index contributed by atoms with van der Waals surface area (Å²) in [5.41, 5.74) is 0. The maximum absolute atomic E-state index is 13.2. The van der Waals surface area contributed by atoms with Crippen molar-refractivity contribution < 1.29 is 18.3 Å². The van der Waals surface area contributed by atoms with E-state index < -0.39 is 18.3 Å². The predicted molar refractivity (Wildman–Crippen MR) is 59.6 cm³/mol. The van der Waals surface area contributed by atoms with Crippen LogP contribution in [-0.4, -0.2) is 18.5 Å². The Balaban J connectivity index is 3.64. The minimum Gasteiger partial charge on any atom is -0.466 e. The van der Waals surface area contributed by atoms with Crippen molar-refractivity contribution >= 4 is 5.97 Å². The van der Waals surface area contributed by atoms with Crippen LogP contribution in [-0.2, 0) is 9.53 Å². The molecule has 0 atom stereocenters. The molecule has 0 aromatic heterocycles. The second-order valence-electron chi connectivity index (χ2n) is 3.97. The zero-order valence-electron chi connectivity index (χ0n) is 10.2. The van der Waals surface area contributed by atoms with Crippen molar-refractivity contribution in [2.24, 2.45) is 0 Å². The standard InChI is InChI=1S/C12H22F2O2/c1-3-5-6-7-9-12(13,14)10-8-11(15)16-4-2/h3-10H2,1-2H3. The minimum atomic E-state index is -2.72. The van der Waals surface area contributed by atoms with Crippen LogP contribution in [0.1, 0.15) is 58.8 Å². The number of alkyl halides is 2.